The molecular weight excluding hydrogens is 240 g/mol. The van der Waals surface area contributed by atoms with Gasteiger partial charge in [0.25, 0.3) is 0 Å². The van der Waals surface area contributed by atoms with Gasteiger partial charge in [-0.05, 0) is 38.5 Å². The first-order valence-corrected chi connectivity index (χ1v) is 5.73. The monoisotopic (exact) mass is 254 g/mol. The van der Waals surface area contributed by atoms with E-state index in [2.05, 4.69) is 48.8 Å². The first-order valence-electron chi connectivity index (χ1n) is 4.94. The van der Waals surface area contributed by atoms with E-state index in [1.807, 2.05) is 0 Å². The molecule has 1 aliphatic heterocycles. The number of hydrogen-bond donors (Lipinski definition) is 0. The van der Waals surface area contributed by atoms with E-state index < -0.39 is 0 Å². The van der Waals surface area contributed by atoms with Gasteiger partial charge in [0.05, 0.1) is 11.1 Å². The van der Waals surface area contributed by atoms with Crippen LogP contribution in [0.2, 0.25) is 0 Å². The van der Waals surface area contributed by atoms with E-state index in [-0.39, 0.29) is 5.41 Å². The number of fused-ring (bicyclic) bond motifs is 1. The van der Waals surface area contributed by atoms with E-state index in [1.54, 1.807) is 0 Å². The quantitative estimate of drug-likeness (QED) is 0.687. The van der Waals surface area contributed by atoms with Gasteiger partial charge in [-0.25, -0.2) is 0 Å². The molecule has 0 aliphatic carbocycles. The Balaban J connectivity index is 2.52. The SMILES string of the molecule is CC(C)(C)c1cc(Br)c2c(c1)CCO2. The van der Waals surface area contributed by atoms with Crippen LogP contribution < -0.4 is 4.74 Å². The standard InChI is InChI=1S/C12H15BrO/c1-12(2,3)9-6-8-4-5-14-11(8)10(13)7-9/h6-7H,4-5H2,1-3H3. The lowest BCUT2D eigenvalue weighted by atomic mass is 9.86. The largest absolute Gasteiger partial charge is 0.492 e. The number of benzene rings is 1. The Labute approximate surface area is 93.6 Å². The molecule has 2 heteroatoms. The van der Waals surface area contributed by atoms with E-state index >= 15 is 0 Å². The van der Waals surface area contributed by atoms with E-state index in [9.17, 15) is 0 Å². The zero-order valence-corrected chi connectivity index (χ0v) is 10.4. The van der Waals surface area contributed by atoms with Gasteiger partial charge < -0.3 is 4.74 Å². The molecule has 76 valence electrons. The van der Waals surface area contributed by atoms with Crippen molar-refractivity contribution in [2.24, 2.45) is 0 Å². The van der Waals surface area contributed by atoms with Crippen molar-refractivity contribution < 1.29 is 4.74 Å². The molecular formula is C12H15BrO. The Hall–Kier alpha value is -0.500. The van der Waals surface area contributed by atoms with Crippen molar-refractivity contribution in [3.05, 3.63) is 27.7 Å². The van der Waals surface area contributed by atoms with Crippen LogP contribution in [-0.4, -0.2) is 6.61 Å². The second-order valence-corrected chi connectivity index (χ2v) is 5.65. The van der Waals surface area contributed by atoms with Crippen LogP contribution in [0, 0.1) is 0 Å². The van der Waals surface area contributed by atoms with Crippen LogP contribution in [-0.2, 0) is 11.8 Å². The van der Waals surface area contributed by atoms with Crippen LogP contribution >= 0.6 is 15.9 Å². The first-order chi connectivity index (χ1) is 6.48. The molecule has 0 saturated carbocycles. The molecule has 0 fully saturated rings. The second-order valence-electron chi connectivity index (χ2n) is 4.79. The summed E-state index contributed by atoms with van der Waals surface area (Å²) in [5.74, 6) is 1.04. The highest BCUT2D eigenvalue weighted by atomic mass is 79.9. The van der Waals surface area contributed by atoms with Crippen molar-refractivity contribution in [2.75, 3.05) is 6.61 Å². The van der Waals surface area contributed by atoms with Gasteiger partial charge in [-0.3, -0.25) is 0 Å². The third-order valence-corrected chi connectivity index (χ3v) is 3.19. The van der Waals surface area contributed by atoms with E-state index in [1.165, 1.54) is 11.1 Å². The topological polar surface area (TPSA) is 9.23 Å². The van der Waals surface area contributed by atoms with Crippen molar-refractivity contribution in [1.82, 2.24) is 0 Å². The summed E-state index contributed by atoms with van der Waals surface area (Å²) in [4.78, 5) is 0. The molecule has 0 N–H and O–H groups in total. The average molecular weight is 255 g/mol. The smallest absolute Gasteiger partial charge is 0.136 e. The molecule has 1 heterocycles. The maximum atomic E-state index is 5.55. The summed E-state index contributed by atoms with van der Waals surface area (Å²) in [6.07, 6.45) is 1.04. The lowest BCUT2D eigenvalue weighted by Crippen LogP contribution is -2.11. The first kappa shape index (κ1) is 10.0. The molecule has 0 bridgehead atoms. The van der Waals surface area contributed by atoms with Gasteiger partial charge >= 0.3 is 0 Å². The fourth-order valence-electron chi connectivity index (χ4n) is 1.69. The lowest BCUT2D eigenvalue weighted by molar-refractivity contribution is 0.355. The number of halogens is 1. The van der Waals surface area contributed by atoms with Crippen molar-refractivity contribution in [2.45, 2.75) is 32.6 Å². The number of rotatable bonds is 0. The molecule has 1 aromatic carbocycles. The van der Waals surface area contributed by atoms with Crippen LogP contribution in [0.3, 0.4) is 0 Å². The summed E-state index contributed by atoms with van der Waals surface area (Å²) in [6, 6.07) is 4.44. The molecule has 0 radical (unpaired) electrons. The van der Waals surface area contributed by atoms with Crippen LogP contribution in [0.1, 0.15) is 31.9 Å². The van der Waals surface area contributed by atoms with E-state index in [4.69, 9.17) is 4.74 Å². The predicted octanol–water partition coefficient (Wildman–Crippen LogP) is 3.68. The van der Waals surface area contributed by atoms with Crippen molar-refractivity contribution in [3.63, 3.8) is 0 Å². The summed E-state index contributed by atoms with van der Waals surface area (Å²) in [5, 5.41) is 0. The second kappa shape index (κ2) is 3.27. The number of hydrogen-bond acceptors (Lipinski definition) is 1. The Bertz CT molecular complexity index is 363. The minimum atomic E-state index is 0.208. The highest BCUT2D eigenvalue weighted by Crippen LogP contribution is 2.37. The Morgan fingerprint density at radius 2 is 2.00 bits per heavy atom. The van der Waals surface area contributed by atoms with E-state index in [0.29, 0.717) is 0 Å². The molecule has 1 aromatic rings. The molecule has 0 unspecified atom stereocenters. The lowest BCUT2D eigenvalue weighted by Gasteiger charge is -2.20. The summed E-state index contributed by atoms with van der Waals surface area (Å²) in [6.45, 7) is 7.52. The third kappa shape index (κ3) is 1.68. The van der Waals surface area contributed by atoms with Gasteiger partial charge in [0.1, 0.15) is 5.75 Å². The summed E-state index contributed by atoms with van der Waals surface area (Å²) < 4.78 is 6.64. The fraction of sp³-hybridized carbons (Fsp3) is 0.500. The van der Waals surface area contributed by atoms with Crippen LogP contribution in [0.4, 0.5) is 0 Å². The van der Waals surface area contributed by atoms with Gasteiger partial charge in [-0.1, -0.05) is 26.8 Å². The molecule has 0 spiro atoms. The Kier molecular flexibility index (Phi) is 2.34. The van der Waals surface area contributed by atoms with Gasteiger partial charge in [0, 0.05) is 6.42 Å². The molecule has 2 rings (SSSR count). The van der Waals surface area contributed by atoms with Crippen molar-refractivity contribution >= 4 is 15.9 Å². The summed E-state index contributed by atoms with van der Waals surface area (Å²) in [7, 11) is 0. The van der Waals surface area contributed by atoms with Crippen LogP contribution in [0.5, 0.6) is 5.75 Å². The maximum Gasteiger partial charge on any atom is 0.136 e. The van der Waals surface area contributed by atoms with Crippen LogP contribution in [0.15, 0.2) is 16.6 Å². The predicted molar refractivity (Wildman–Crippen MR) is 62.0 cm³/mol. The molecule has 0 amide bonds. The third-order valence-electron chi connectivity index (χ3n) is 2.60. The van der Waals surface area contributed by atoms with Crippen molar-refractivity contribution in [1.29, 1.82) is 0 Å². The van der Waals surface area contributed by atoms with Gasteiger partial charge in [0.2, 0.25) is 0 Å². The van der Waals surface area contributed by atoms with Crippen molar-refractivity contribution in [3.8, 4) is 5.75 Å². The highest BCUT2D eigenvalue weighted by Gasteiger charge is 2.21. The zero-order valence-electron chi connectivity index (χ0n) is 8.86. The molecule has 0 saturated heterocycles. The van der Waals surface area contributed by atoms with Gasteiger partial charge in [-0.2, -0.15) is 0 Å². The zero-order chi connectivity index (χ0) is 10.3. The van der Waals surface area contributed by atoms with Gasteiger partial charge in [0.15, 0.2) is 0 Å². The Morgan fingerprint density at radius 3 is 2.64 bits per heavy atom. The van der Waals surface area contributed by atoms with Gasteiger partial charge in [-0.15, -0.1) is 0 Å². The van der Waals surface area contributed by atoms with E-state index in [0.717, 1.165) is 23.2 Å². The fourth-order valence-corrected chi connectivity index (χ4v) is 2.31. The summed E-state index contributed by atoms with van der Waals surface area (Å²) in [5.41, 5.74) is 2.91. The maximum absolute atomic E-state index is 5.55. The molecule has 0 atom stereocenters. The molecule has 1 aliphatic rings. The molecule has 0 aromatic heterocycles. The Morgan fingerprint density at radius 1 is 1.29 bits per heavy atom. The summed E-state index contributed by atoms with van der Waals surface area (Å²) >= 11 is 3.57. The highest BCUT2D eigenvalue weighted by molar-refractivity contribution is 9.10. The number of ether oxygens (including phenoxy) is 1. The minimum Gasteiger partial charge on any atom is -0.492 e. The normalized spacial score (nSPS) is 15.1. The average Bonchev–Trinajstić information content (AvgIpc) is 2.50. The van der Waals surface area contributed by atoms with Crippen LogP contribution in [0.25, 0.3) is 0 Å². The molecule has 14 heavy (non-hydrogen) atoms. The minimum absolute atomic E-state index is 0.208. The molecule has 1 nitrogen and oxygen atoms in total.